The summed E-state index contributed by atoms with van der Waals surface area (Å²) in [6.07, 6.45) is 0. The van der Waals surface area contributed by atoms with Crippen molar-refractivity contribution in [1.82, 2.24) is 5.32 Å². The molecule has 2 aromatic rings. The molecule has 0 saturated heterocycles. The van der Waals surface area contributed by atoms with Crippen molar-refractivity contribution in [3.63, 3.8) is 0 Å². The number of rotatable bonds is 6. The van der Waals surface area contributed by atoms with Gasteiger partial charge >= 0.3 is 0 Å². The number of halogens is 1. The molecule has 0 amide bonds. The van der Waals surface area contributed by atoms with E-state index in [1.807, 2.05) is 37.3 Å². The van der Waals surface area contributed by atoms with E-state index in [0.29, 0.717) is 6.61 Å². The van der Waals surface area contributed by atoms with Gasteiger partial charge < -0.3 is 10.1 Å². The second-order valence-corrected chi connectivity index (χ2v) is 4.95. The zero-order valence-electron chi connectivity index (χ0n) is 11.9. The van der Waals surface area contributed by atoms with Gasteiger partial charge in [-0.15, -0.1) is 0 Å². The van der Waals surface area contributed by atoms with Crippen LogP contribution in [0.15, 0.2) is 42.5 Å². The van der Waals surface area contributed by atoms with Gasteiger partial charge in [-0.25, -0.2) is 0 Å². The Labute approximate surface area is 125 Å². The molecular formula is C17H20ClNO. The molecule has 0 fully saturated rings. The van der Waals surface area contributed by atoms with Crippen molar-refractivity contribution >= 4 is 11.6 Å². The first-order chi connectivity index (χ1) is 9.76. The largest absolute Gasteiger partial charge is 0.493 e. The minimum absolute atomic E-state index is 0.653. The molecule has 0 spiro atoms. The highest BCUT2D eigenvalue weighted by atomic mass is 35.5. The van der Waals surface area contributed by atoms with E-state index in [1.165, 1.54) is 5.56 Å². The summed E-state index contributed by atoms with van der Waals surface area (Å²) in [5.74, 6) is 0.898. The van der Waals surface area contributed by atoms with Crippen LogP contribution in [0.2, 0.25) is 5.02 Å². The summed E-state index contributed by atoms with van der Waals surface area (Å²) >= 11 is 6.17. The summed E-state index contributed by atoms with van der Waals surface area (Å²) in [5.41, 5.74) is 3.44. The Morgan fingerprint density at radius 2 is 1.85 bits per heavy atom. The summed E-state index contributed by atoms with van der Waals surface area (Å²) in [6, 6.07) is 14.1. The van der Waals surface area contributed by atoms with E-state index < -0.39 is 0 Å². The lowest BCUT2D eigenvalue weighted by atomic mass is 9.98. The SMILES string of the molecule is CCNCc1ccc(Cl)cc1-c1ccccc1OCC. The molecule has 20 heavy (non-hydrogen) atoms. The van der Waals surface area contributed by atoms with Gasteiger partial charge in [0.2, 0.25) is 0 Å². The summed E-state index contributed by atoms with van der Waals surface area (Å²) in [6.45, 7) is 6.51. The van der Waals surface area contributed by atoms with Gasteiger partial charge in [0.05, 0.1) is 6.61 Å². The summed E-state index contributed by atoms with van der Waals surface area (Å²) < 4.78 is 5.73. The van der Waals surface area contributed by atoms with E-state index in [2.05, 4.69) is 24.4 Å². The molecule has 106 valence electrons. The molecule has 0 radical (unpaired) electrons. The van der Waals surface area contributed by atoms with Crippen LogP contribution in [0.1, 0.15) is 19.4 Å². The third-order valence-corrected chi connectivity index (χ3v) is 3.35. The van der Waals surface area contributed by atoms with Crippen LogP contribution >= 0.6 is 11.6 Å². The molecular weight excluding hydrogens is 270 g/mol. The predicted molar refractivity (Wildman–Crippen MR) is 85.4 cm³/mol. The van der Waals surface area contributed by atoms with Crippen molar-refractivity contribution in [3.05, 3.63) is 53.1 Å². The number of benzene rings is 2. The maximum absolute atomic E-state index is 6.17. The van der Waals surface area contributed by atoms with Gasteiger partial charge in [-0.1, -0.05) is 42.8 Å². The third-order valence-electron chi connectivity index (χ3n) is 3.11. The van der Waals surface area contributed by atoms with Crippen molar-refractivity contribution in [1.29, 1.82) is 0 Å². The Balaban J connectivity index is 2.47. The van der Waals surface area contributed by atoms with E-state index in [4.69, 9.17) is 16.3 Å². The van der Waals surface area contributed by atoms with Gasteiger partial charge in [-0.05, 0) is 42.8 Å². The van der Waals surface area contributed by atoms with Crippen molar-refractivity contribution in [3.8, 4) is 16.9 Å². The van der Waals surface area contributed by atoms with Crippen molar-refractivity contribution < 1.29 is 4.74 Å². The zero-order valence-corrected chi connectivity index (χ0v) is 12.7. The van der Waals surface area contributed by atoms with Gasteiger partial charge in [-0.3, -0.25) is 0 Å². The van der Waals surface area contributed by atoms with Gasteiger partial charge in [0.25, 0.3) is 0 Å². The van der Waals surface area contributed by atoms with Crippen LogP contribution in [0.5, 0.6) is 5.75 Å². The standard InChI is InChI=1S/C17H20ClNO/c1-3-19-12-13-9-10-14(18)11-16(13)15-7-5-6-8-17(15)20-4-2/h5-11,19H,3-4,12H2,1-2H3. The average Bonchev–Trinajstić information content (AvgIpc) is 2.47. The fourth-order valence-electron chi connectivity index (χ4n) is 2.18. The minimum Gasteiger partial charge on any atom is -0.493 e. The molecule has 0 heterocycles. The minimum atomic E-state index is 0.653. The van der Waals surface area contributed by atoms with Crippen LogP contribution in [-0.2, 0) is 6.54 Å². The van der Waals surface area contributed by atoms with Gasteiger partial charge in [0, 0.05) is 17.1 Å². The molecule has 1 N–H and O–H groups in total. The van der Waals surface area contributed by atoms with E-state index in [-0.39, 0.29) is 0 Å². The van der Waals surface area contributed by atoms with Crippen molar-refractivity contribution in [2.24, 2.45) is 0 Å². The Morgan fingerprint density at radius 3 is 2.60 bits per heavy atom. The molecule has 0 unspecified atom stereocenters. The Kier molecular flexibility index (Phi) is 5.45. The molecule has 2 aromatic carbocycles. The van der Waals surface area contributed by atoms with Crippen LogP contribution in [0.3, 0.4) is 0 Å². The first-order valence-electron chi connectivity index (χ1n) is 6.97. The smallest absolute Gasteiger partial charge is 0.127 e. The summed E-state index contributed by atoms with van der Waals surface area (Å²) in [7, 11) is 0. The number of hydrogen-bond acceptors (Lipinski definition) is 2. The molecule has 0 aromatic heterocycles. The average molecular weight is 290 g/mol. The second kappa shape index (κ2) is 7.32. The zero-order chi connectivity index (χ0) is 14.4. The van der Waals surface area contributed by atoms with Crippen LogP contribution < -0.4 is 10.1 Å². The van der Waals surface area contributed by atoms with E-state index in [1.54, 1.807) is 0 Å². The fourth-order valence-corrected chi connectivity index (χ4v) is 2.36. The lowest BCUT2D eigenvalue weighted by molar-refractivity contribution is 0.341. The highest BCUT2D eigenvalue weighted by molar-refractivity contribution is 6.30. The lowest BCUT2D eigenvalue weighted by Crippen LogP contribution is -2.12. The van der Waals surface area contributed by atoms with Crippen molar-refractivity contribution in [2.45, 2.75) is 20.4 Å². The van der Waals surface area contributed by atoms with Crippen LogP contribution in [0, 0.1) is 0 Å². The molecule has 0 aliphatic carbocycles. The van der Waals surface area contributed by atoms with Gasteiger partial charge in [0.15, 0.2) is 0 Å². The summed E-state index contributed by atoms with van der Waals surface area (Å²) in [4.78, 5) is 0. The van der Waals surface area contributed by atoms with Crippen LogP contribution in [0.25, 0.3) is 11.1 Å². The van der Waals surface area contributed by atoms with Gasteiger partial charge in [-0.2, -0.15) is 0 Å². The molecule has 0 saturated carbocycles. The van der Waals surface area contributed by atoms with Crippen LogP contribution in [0.4, 0.5) is 0 Å². The highest BCUT2D eigenvalue weighted by Gasteiger charge is 2.10. The molecule has 3 heteroatoms. The maximum atomic E-state index is 6.17. The number of ether oxygens (including phenoxy) is 1. The molecule has 2 nitrogen and oxygen atoms in total. The lowest BCUT2D eigenvalue weighted by Gasteiger charge is -2.14. The summed E-state index contributed by atoms with van der Waals surface area (Å²) in [5, 5.41) is 4.10. The number of nitrogens with one attached hydrogen (secondary N) is 1. The molecule has 2 rings (SSSR count). The van der Waals surface area contributed by atoms with E-state index in [9.17, 15) is 0 Å². The van der Waals surface area contributed by atoms with E-state index >= 15 is 0 Å². The predicted octanol–water partition coefficient (Wildman–Crippen LogP) is 4.52. The quantitative estimate of drug-likeness (QED) is 0.844. The maximum Gasteiger partial charge on any atom is 0.127 e. The van der Waals surface area contributed by atoms with Crippen LogP contribution in [-0.4, -0.2) is 13.2 Å². The third kappa shape index (κ3) is 3.53. The van der Waals surface area contributed by atoms with Crippen molar-refractivity contribution in [2.75, 3.05) is 13.2 Å². The first-order valence-corrected chi connectivity index (χ1v) is 7.35. The monoisotopic (exact) mass is 289 g/mol. The number of para-hydroxylation sites is 1. The first kappa shape index (κ1) is 14.9. The Hall–Kier alpha value is -1.51. The van der Waals surface area contributed by atoms with Gasteiger partial charge in [0.1, 0.15) is 5.75 Å². The second-order valence-electron chi connectivity index (χ2n) is 4.51. The highest BCUT2D eigenvalue weighted by Crippen LogP contribution is 2.34. The normalized spacial score (nSPS) is 10.6. The fraction of sp³-hybridized carbons (Fsp3) is 0.294. The molecule has 0 aliphatic rings. The molecule has 0 atom stereocenters. The Morgan fingerprint density at radius 1 is 1.05 bits per heavy atom. The Bertz CT molecular complexity index is 569. The molecule has 0 aliphatic heterocycles. The van der Waals surface area contributed by atoms with E-state index in [0.717, 1.165) is 35.0 Å². The topological polar surface area (TPSA) is 21.3 Å². The number of hydrogen-bond donors (Lipinski definition) is 1. The molecule has 0 bridgehead atoms.